The second kappa shape index (κ2) is 10.7. The average molecular weight is 504 g/mol. The highest BCUT2D eigenvalue weighted by atomic mass is 32.1. The number of aromatic nitrogens is 1. The molecule has 0 unspecified atom stereocenters. The van der Waals surface area contributed by atoms with Gasteiger partial charge in [-0.2, -0.15) is 0 Å². The van der Waals surface area contributed by atoms with Crippen molar-refractivity contribution >= 4 is 29.2 Å². The fourth-order valence-corrected chi connectivity index (χ4v) is 5.67. The molecule has 1 aliphatic carbocycles. The van der Waals surface area contributed by atoms with Crippen molar-refractivity contribution in [1.29, 1.82) is 0 Å². The van der Waals surface area contributed by atoms with E-state index in [9.17, 15) is 19.8 Å². The standard InChI is InChI=1S/C28H41NO5S/c1-16-9-8-10-28(7)14-20(28)12-22(17(2)11-21-15-35-19(4)29-21)34-24(31)13-23(30)27(5,6)26(33)18(3)25(16)32/h8,10-11,15-16,18,20,22-23,25,30,32H,9,12-14H2,1-7H3/t16-,18+,20+,22-,23-,25-,28-/m0/s1. The van der Waals surface area contributed by atoms with Crippen molar-refractivity contribution in [3.63, 3.8) is 0 Å². The number of rotatable bonds is 2. The number of cyclic esters (lactones) is 1. The van der Waals surface area contributed by atoms with E-state index in [0.29, 0.717) is 18.8 Å². The lowest BCUT2D eigenvalue weighted by molar-refractivity contribution is -0.154. The molecule has 1 fully saturated rings. The molecule has 2 N–H and O–H groups in total. The zero-order valence-electron chi connectivity index (χ0n) is 22.1. The number of carbonyl (C=O) groups excluding carboxylic acids is 2. The maximum Gasteiger partial charge on any atom is 0.309 e. The summed E-state index contributed by atoms with van der Waals surface area (Å²) in [5.41, 5.74) is 0.588. The number of esters is 1. The minimum atomic E-state index is -1.21. The Morgan fingerprint density at radius 2 is 1.91 bits per heavy atom. The van der Waals surface area contributed by atoms with Crippen LogP contribution in [0.1, 0.15) is 77.9 Å². The van der Waals surface area contributed by atoms with Gasteiger partial charge in [-0.05, 0) is 62.0 Å². The Labute approximate surface area is 213 Å². The fraction of sp³-hybridized carbons (Fsp3) is 0.679. The van der Waals surface area contributed by atoms with Gasteiger partial charge in [0.25, 0.3) is 0 Å². The number of aliphatic hydroxyl groups is 2. The maximum atomic E-state index is 13.2. The molecule has 3 rings (SSSR count). The van der Waals surface area contributed by atoms with Crippen molar-refractivity contribution in [2.24, 2.45) is 28.6 Å². The second-order valence-corrected chi connectivity index (χ2v) is 12.6. The van der Waals surface area contributed by atoms with E-state index >= 15 is 0 Å². The van der Waals surface area contributed by atoms with Crippen LogP contribution < -0.4 is 0 Å². The summed E-state index contributed by atoms with van der Waals surface area (Å²) < 4.78 is 5.92. The predicted molar refractivity (Wildman–Crippen MR) is 139 cm³/mol. The van der Waals surface area contributed by atoms with E-state index in [-0.39, 0.29) is 23.5 Å². The van der Waals surface area contributed by atoms with E-state index in [1.165, 1.54) is 0 Å². The van der Waals surface area contributed by atoms with Crippen molar-refractivity contribution in [2.45, 2.75) is 92.5 Å². The molecule has 1 aliphatic heterocycles. The zero-order chi connectivity index (χ0) is 26.1. The van der Waals surface area contributed by atoms with Crippen molar-refractivity contribution < 1.29 is 24.5 Å². The van der Waals surface area contributed by atoms with Crippen LogP contribution in [0.15, 0.2) is 23.1 Å². The number of fused-ring (bicyclic) bond motifs is 1. The summed E-state index contributed by atoms with van der Waals surface area (Å²) in [7, 11) is 0. The monoisotopic (exact) mass is 503 g/mol. The molecule has 35 heavy (non-hydrogen) atoms. The summed E-state index contributed by atoms with van der Waals surface area (Å²) >= 11 is 1.57. The number of allylic oxidation sites excluding steroid dienone is 2. The minimum absolute atomic E-state index is 0.0207. The number of hydrogen-bond acceptors (Lipinski definition) is 7. The molecule has 0 bridgehead atoms. The van der Waals surface area contributed by atoms with Crippen LogP contribution in [-0.2, 0) is 14.3 Å². The molecule has 7 atom stereocenters. The van der Waals surface area contributed by atoms with Gasteiger partial charge in [0.2, 0.25) is 0 Å². The highest BCUT2D eigenvalue weighted by Crippen LogP contribution is 2.56. The molecule has 2 aliphatic rings. The van der Waals surface area contributed by atoms with Crippen molar-refractivity contribution in [3.8, 4) is 0 Å². The summed E-state index contributed by atoms with van der Waals surface area (Å²) in [5.74, 6) is -1.18. The predicted octanol–water partition coefficient (Wildman–Crippen LogP) is 5.12. The lowest BCUT2D eigenvalue weighted by Crippen LogP contribution is -2.45. The normalized spacial score (nSPS) is 37.0. The van der Waals surface area contributed by atoms with Gasteiger partial charge in [-0.25, -0.2) is 4.98 Å². The third kappa shape index (κ3) is 6.49. The summed E-state index contributed by atoms with van der Waals surface area (Å²) in [6.45, 7) is 13.0. The molecular weight excluding hydrogens is 462 g/mol. The van der Waals surface area contributed by atoms with E-state index in [4.69, 9.17) is 4.74 Å². The van der Waals surface area contributed by atoms with Gasteiger partial charge < -0.3 is 14.9 Å². The van der Waals surface area contributed by atoms with Crippen LogP contribution in [0.25, 0.3) is 6.08 Å². The molecule has 1 aromatic heterocycles. The Bertz CT molecular complexity index is 995. The number of ether oxygens (including phenoxy) is 1. The Hall–Kier alpha value is -1.83. The van der Waals surface area contributed by atoms with E-state index in [1.807, 2.05) is 32.2 Å². The highest BCUT2D eigenvalue weighted by Gasteiger charge is 2.49. The highest BCUT2D eigenvalue weighted by molar-refractivity contribution is 7.09. The van der Waals surface area contributed by atoms with Gasteiger partial charge in [-0.15, -0.1) is 11.3 Å². The average Bonchev–Trinajstić information content (AvgIpc) is 3.22. The molecule has 0 saturated heterocycles. The van der Waals surface area contributed by atoms with Gasteiger partial charge in [0, 0.05) is 11.3 Å². The summed E-state index contributed by atoms with van der Waals surface area (Å²) in [6.07, 6.45) is 5.91. The van der Waals surface area contributed by atoms with Crippen LogP contribution in [0.2, 0.25) is 0 Å². The molecule has 0 spiro atoms. The fourth-order valence-electron chi connectivity index (χ4n) is 5.10. The zero-order valence-corrected chi connectivity index (χ0v) is 22.9. The van der Waals surface area contributed by atoms with Crippen LogP contribution in [0.3, 0.4) is 0 Å². The topological polar surface area (TPSA) is 96.7 Å². The molecule has 194 valence electrons. The lowest BCUT2D eigenvalue weighted by Gasteiger charge is -2.34. The first kappa shape index (κ1) is 27.8. The lowest BCUT2D eigenvalue weighted by atomic mass is 9.73. The number of carbonyl (C=O) groups is 2. The van der Waals surface area contributed by atoms with Gasteiger partial charge in [0.1, 0.15) is 11.9 Å². The smallest absolute Gasteiger partial charge is 0.309 e. The van der Waals surface area contributed by atoms with Crippen LogP contribution in [0, 0.1) is 35.5 Å². The van der Waals surface area contributed by atoms with Gasteiger partial charge >= 0.3 is 5.97 Å². The third-order valence-electron chi connectivity index (χ3n) is 8.09. The van der Waals surface area contributed by atoms with E-state index < -0.39 is 35.6 Å². The van der Waals surface area contributed by atoms with Gasteiger partial charge in [-0.3, -0.25) is 9.59 Å². The first-order valence-electron chi connectivity index (χ1n) is 12.6. The van der Waals surface area contributed by atoms with E-state index in [1.54, 1.807) is 32.1 Å². The quantitative estimate of drug-likeness (QED) is 0.429. The van der Waals surface area contributed by atoms with E-state index in [2.05, 4.69) is 24.1 Å². The Kier molecular flexibility index (Phi) is 8.45. The van der Waals surface area contributed by atoms with Gasteiger partial charge in [0.15, 0.2) is 0 Å². The van der Waals surface area contributed by atoms with Gasteiger partial charge in [0.05, 0.1) is 34.7 Å². The molecule has 1 saturated carbocycles. The van der Waals surface area contributed by atoms with Crippen LogP contribution in [0.4, 0.5) is 0 Å². The number of ketones is 1. The summed E-state index contributed by atoms with van der Waals surface area (Å²) in [6, 6.07) is 0. The number of nitrogens with zero attached hydrogens (tertiary/aromatic N) is 1. The van der Waals surface area contributed by atoms with E-state index in [0.717, 1.165) is 22.7 Å². The SMILES string of the molecule is CC(=Cc1csc(C)n1)[C@@H]1C[C@@H]2C[C@]2(C)C=CC[C@H](C)[C@H](O)[C@@H](C)C(=O)C(C)(C)[C@@H](O)CC(=O)O1. The van der Waals surface area contributed by atoms with Crippen molar-refractivity contribution in [2.75, 3.05) is 0 Å². The Balaban J connectivity index is 1.89. The number of thiazole rings is 1. The molecule has 1 aromatic rings. The van der Waals surface area contributed by atoms with Crippen LogP contribution in [-0.4, -0.2) is 45.3 Å². The van der Waals surface area contributed by atoms with Crippen LogP contribution in [0.5, 0.6) is 0 Å². The number of hydrogen-bond donors (Lipinski definition) is 2. The molecular formula is C28H41NO5S. The number of aliphatic hydroxyl groups excluding tert-OH is 2. The van der Waals surface area contributed by atoms with Crippen molar-refractivity contribution in [1.82, 2.24) is 4.98 Å². The molecule has 6 nitrogen and oxygen atoms in total. The van der Waals surface area contributed by atoms with Gasteiger partial charge in [-0.1, -0.05) is 46.8 Å². The summed E-state index contributed by atoms with van der Waals surface area (Å²) in [4.78, 5) is 30.7. The molecule has 0 radical (unpaired) electrons. The number of aryl methyl sites for hydroxylation is 1. The molecule has 7 heteroatoms. The first-order chi connectivity index (χ1) is 16.2. The minimum Gasteiger partial charge on any atom is -0.458 e. The molecule has 0 aromatic carbocycles. The van der Waals surface area contributed by atoms with Crippen molar-refractivity contribution in [3.05, 3.63) is 33.8 Å². The largest absolute Gasteiger partial charge is 0.458 e. The first-order valence-corrected chi connectivity index (χ1v) is 13.5. The Morgan fingerprint density at radius 3 is 2.54 bits per heavy atom. The maximum absolute atomic E-state index is 13.2. The Morgan fingerprint density at radius 1 is 1.23 bits per heavy atom. The number of Topliss-reactive ketones (excluding diaryl/α,β-unsaturated/α-hetero) is 1. The second-order valence-electron chi connectivity index (χ2n) is 11.5. The van der Waals surface area contributed by atoms with Crippen LogP contribution >= 0.6 is 11.3 Å². The summed E-state index contributed by atoms with van der Waals surface area (Å²) in [5, 5.41) is 24.7. The molecule has 2 heterocycles. The third-order valence-corrected chi connectivity index (χ3v) is 8.89. The molecule has 0 amide bonds.